The molecule has 1 aliphatic rings. The van der Waals surface area contributed by atoms with E-state index in [-0.39, 0.29) is 48.8 Å². The molecular weight excluding hydrogens is 508 g/mol. The summed E-state index contributed by atoms with van der Waals surface area (Å²) in [6.07, 6.45) is -4.70. The zero-order valence-electron chi connectivity index (χ0n) is 20.6. The number of rotatable bonds is 9. The molecular formula is C26H26F4N4O4. The van der Waals surface area contributed by atoms with Gasteiger partial charge in [0.1, 0.15) is 12.3 Å². The van der Waals surface area contributed by atoms with E-state index in [1.54, 1.807) is 44.2 Å². The first kappa shape index (κ1) is 27.1. The highest BCUT2D eigenvalue weighted by Crippen LogP contribution is 2.31. The molecule has 4 rings (SSSR count). The van der Waals surface area contributed by atoms with Crippen LogP contribution in [0.2, 0.25) is 0 Å². The zero-order chi connectivity index (χ0) is 27.4. The highest BCUT2D eigenvalue weighted by atomic mass is 19.4. The number of nitrogens with zero attached hydrogens (tertiary/aromatic N) is 2. The Kier molecular flexibility index (Phi) is 8.00. The molecule has 38 heavy (non-hydrogen) atoms. The monoisotopic (exact) mass is 534 g/mol. The predicted molar refractivity (Wildman–Crippen MR) is 130 cm³/mol. The number of halogens is 4. The molecule has 2 aromatic carbocycles. The Bertz CT molecular complexity index is 1320. The van der Waals surface area contributed by atoms with Crippen molar-refractivity contribution in [2.45, 2.75) is 39.2 Å². The van der Waals surface area contributed by atoms with Gasteiger partial charge in [0.25, 0.3) is 0 Å². The number of amides is 2. The molecule has 0 spiro atoms. The van der Waals surface area contributed by atoms with Crippen molar-refractivity contribution in [3.8, 4) is 22.7 Å². The van der Waals surface area contributed by atoms with Gasteiger partial charge in [-0.2, -0.15) is 13.2 Å². The summed E-state index contributed by atoms with van der Waals surface area (Å²) in [5, 5.41) is 9.66. The van der Waals surface area contributed by atoms with E-state index >= 15 is 4.39 Å². The molecule has 0 radical (unpaired) electrons. The first-order chi connectivity index (χ1) is 18.0. The minimum Gasteiger partial charge on any atom is -0.488 e. The molecule has 2 heterocycles. The quantitative estimate of drug-likeness (QED) is 0.391. The highest BCUT2D eigenvalue weighted by Gasteiger charge is 2.29. The number of alkyl halides is 3. The van der Waals surface area contributed by atoms with Gasteiger partial charge in [-0.15, -0.1) is 5.10 Å². The van der Waals surface area contributed by atoms with Gasteiger partial charge in [-0.1, -0.05) is 24.3 Å². The van der Waals surface area contributed by atoms with Crippen molar-refractivity contribution in [1.29, 1.82) is 0 Å². The largest absolute Gasteiger partial charge is 0.488 e. The summed E-state index contributed by atoms with van der Waals surface area (Å²) in [6, 6.07) is 12.6. The van der Waals surface area contributed by atoms with Gasteiger partial charge in [-0.05, 0) is 37.6 Å². The Morgan fingerprint density at radius 1 is 1.21 bits per heavy atom. The van der Waals surface area contributed by atoms with E-state index in [1.165, 1.54) is 22.9 Å². The van der Waals surface area contributed by atoms with Crippen LogP contribution >= 0.6 is 0 Å². The van der Waals surface area contributed by atoms with Crippen LogP contribution in [0.15, 0.2) is 48.5 Å². The van der Waals surface area contributed by atoms with E-state index in [0.29, 0.717) is 16.8 Å². The molecule has 12 heteroatoms. The number of benzene rings is 2. The summed E-state index contributed by atoms with van der Waals surface area (Å²) in [4.78, 5) is 24.2. The number of hydrogen-bond donors (Lipinski definition) is 2. The molecule has 0 saturated carbocycles. The maximum atomic E-state index is 15.5. The summed E-state index contributed by atoms with van der Waals surface area (Å²) in [6.45, 7) is 2.03. The van der Waals surface area contributed by atoms with E-state index in [1.807, 2.05) is 0 Å². The minimum atomic E-state index is -4.45. The molecule has 8 nitrogen and oxygen atoms in total. The lowest BCUT2D eigenvalue weighted by atomic mass is 10.1. The number of ether oxygens (including phenoxy) is 2. The molecule has 1 aliphatic heterocycles. The van der Waals surface area contributed by atoms with Crippen LogP contribution in [-0.4, -0.2) is 47.0 Å². The Labute approximate surface area is 215 Å². The Balaban J connectivity index is 1.70. The lowest BCUT2D eigenvalue weighted by Gasteiger charge is -2.14. The van der Waals surface area contributed by atoms with Crippen molar-refractivity contribution in [1.82, 2.24) is 15.1 Å². The third-order valence-electron chi connectivity index (χ3n) is 5.60. The molecule has 1 fully saturated rings. The van der Waals surface area contributed by atoms with E-state index in [0.717, 1.165) is 0 Å². The van der Waals surface area contributed by atoms with Crippen molar-refractivity contribution < 1.29 is 36.6 Å². The SMILES string of the molecule is CC(C)Oc1cccc(-n2nc(NC(=O)[C@@H]3CNC(=O)C3)cc2-c2cccc(COCC(F)(F)F)c2)c1F. The summed E-state index contributed by atoms with van der Waals surface area (Å²) >= 11 is 0. The van der Waals surface area contributed by atoms with Gasteiger partial charge < -0.3 is 20.1 Å². The van der Waals surface area contributed by atoms with Crippen molar-refractivity contribution in [3.05, 3.63) is 59.9 Å². The number of aromatic nitrogens is 2. The molecule has 2 N–H and O–H groups in total. The van der Waals surface area contributed by atoms with Gasteiger partial charge in [0.2, 0.25) is 11.8 Å². The second kappa shape index (κ2) is 11.2. The van der Waals surface area contributed by atoms with Crippen LogP contribution in [0.5, 0.6) is 5.75 Å². The minimum absolute atomic E-state index is 0.00868. The van der Waals surface area contributed by atoms with Gasteiger partial charge in [-0.25, -0.2) is 9.07 Å². The lowest BCUT2D eigenvalue weighted by molar-refractivity contribution is -0.176. The number of carbonyl (C=O) groups is 2. The van der Waals surface area contributed by atoms with Gasteiger partial charge in [0.05, 0.1) is 24.3 Å². The first-order valence-electron chi connectivity index (χ1n) is 11.9. The average Bonchev–Trinajstić information content (AvgIpc) is 3.46. The highest BCUT2D eigenvalue weighted by molar-refractivity contribution is 5.97. The number of carbonyl (C=O) groups excluding carboxylic acids is 2. The van der Waals surface area contributed by atoms with Gasteiger partial charge in [0, 0.05) is 24.6 Å². The fraction of sp³-hybridized carbons (Fsp3) is 0.346. The summed E-state index contributed by atoms with van der Waals surface area (Å²) in [5.74, 6) is -1.80. The van der Waals surface area contributed by atoms with E-state index in [4.69, 9.17) is 9.47 Å². The maximum absolute atomic E-state index is 15.5. The van der Waals surface area contributed by atoms with Crippen molar-refractivity contribution in [3.63, 3.8) is 0 Å². The van der Waals surface area contributed by atoms with Crippen molar-refractivity contribution in [2.24, 2.45) is 5.92 Å². The third kappa shape index (κ3) is 6.68. The predicted octanol–water partition coefficient (Wildman–Crippen LogP) is 4.62. The first-order valence-corrected chi connectivity index (χ1v) is 11.9. The Morgan fingerprint density at radius 3 is 2.66 bits per heavy atom. The summed E-state index contributed by atoms with van der Waals surface area (Å²) in [5.41, 5.74) is 1.35. The average molecular weight is 535 g/mol. The molecule has 0 aliphatic carbocycles. The molecule has 1 aromatic heterocycles. The normalized spacial score (nSPS) is 15.6. The molecule has 0 unspecified atom stereocenters. The van der Waals surface area contributed by atoms with Crippen LogP contribution in [-0.2, 0) is 20.9 Å². The molecule has 2 amide bonds. The molecule has 1 saturated heterocycles. The van der Waals surface area contributed by atoms with Gasteiger partial charge in [0.15, 0.2) is 17.4 Å². The molecule has 0 bridgehead atoms. The van der Waals surface area contributed by atoms with Gasteiger partial charge in [-0.3, -0.25) is 9.59 Å². The summed E-state index contributed by atoms with van der Waals surface area (Å²) < 4.78 is 64.6. The van der Waals surface area contributed by atoms with E-state index in [9.17, 15) is 22.8 Å². The van der Waals surface area contributed by atoms with Crippen LogP contribution in [0, 0.1) is 11.7 Å². The van der Waals surface area contributed by atoms with Crippen LogP contribution in [0.4, 0.5) is 23.4 Å². The lowest BCUT2D eigenvalue weighted by Crippen LogP contribution is -2.24. The van der Waals surface area contributed by atoms with Crippen LogP contribution in [0.25, 0.3) is 16.9 Å². The molecule has 3 aromatic rings. The van der Waals surface area contributed by atoms with E-state index < -0.39 is 30.4 Å². The fourth-order valence-corrected chi connectivity index (χ4v) is 3.96. The van der Waals surface area contributed by atoms with Gasteiger partial charge >= 0.3 is 6.18 Å². The Morgan fingerprint density at radius 2 is 1.97 bits per heavy atom. The molecule has 1 atom stereocenters. The summed E-state index contributed by atoms with van der Waals surface area (Å²) in [7, 11) is 0. The zero-order valence-corrected chi connectivity index (χ0v) is 20.6. The topological polar surface area (TPSA) is 94.5 Å². The van der Waals surface area contributed by atoms with E-state index in [2.05, 4.69) is 15.7 Å². The van der Waals surface area contributed by atoms with Crippen molar-refractivity contribution >= 4 is 17.6 Å². The fourth-order valence-electron chi connectivity index (χ4n) is 3.96. The smallest absolute Gasteiger partial charge is 0.411 e. The Hall–Kier alpha value is -3.93. The molecule has 202 valence electrons. The second-order valence-electron chi connectivity index (χ2n) is 9.09. The van der Waals surface area contributed by atoms with Crippen molar-refractivity contribution in [2.75, 3.05) is 18.5 Å². The third-order valence-corrected chi connectivity index (χ3v) is 5.60. The second-order valence-corrected chi connectivity index (χ2v) is 9.09. The van der Waals surface area contributed by atoms with Crippen LogP contribution < -0.4 is 15.4 Å². The number of hydrogen-bond acceptors (Lipinski definition) is 5. The van der Waals surface area contributed by atoms with Crippen LogP contribution in [0.3, 0.4) is 0 Å². The van der Waals surface area contributed by atoms with Crippen LogP contribution in [0.1, 0.15) is 25.8 Å². The number of nitrogens with one attached hydrogen (secondary N) is 2. The number of anilines is 1. The standard InChI is InChI=1S/C26H26F4N4O4/c1-15(2)38-21-8-4-7-19(24(21)27)34-20(11-22(33-34)32-25(36)18-10-23(35)31-12-18)17-6-3-5-16(9-17)13-37-14-26(28,29)30/h3-9,11,15,18H,10,12-14H2,1-2H3,(H,31,35)(H,32,33,36)/t18-/m0/s1. The maximum Gasteiger partial charge on any atom is 0.411 e.